The van der Waals surface area contributed by atoms with Gasteiger partial charge in [-0.05, 0) is 12.5 Å². The molecule has 0 aliphatic carbocycles. The first-order valence-corrected chi connectivity index (χ1v) is 5.69. The van der Waals surface area contributed by atoms with E-state index in [4.69, 9.17) is 11.1 Å². The minimum absolute atomic E-state index is 0.0107. The summed E-state index contributed by atoms with van der Waals surface area (Å²) >= 11 is 0. The molecule has 3 nitrogen and oxygen atoms in total. The normalized spacial score (nSPS) is 23.7. The second-order valence-corrected chi connectivity index (χ2v) is 4.62. The van der Waals surface area contributed by atoms with Crippen LogP contribution < -0.4 is 5.73 Å². The molecule has 0 aromatic heterocycles. The maximum Gasteiger partial charge on any atom is 0.400 e. The van der Waals surface area contributed by atoms with Crippen molar-refractivity contribution < 1.29 is 17.6 Å². The molecule has 1 saturated heterocycles. The average molecular weight is 275 g/mol. The zero-order valence-electron chi connectivity index (χ0n) is 9.97. The Balaban J connectivity index is 2.50. The Labute approximate surface area is 107 Å². The fraction of sp³-hybridized carbons (Fsp3) is 0.417. The van der Waals surface area contributed by atoms with E-state index in [2.05, 4.69) is 0 Å². The summed E-state index contributed by atoms with van der Waals surface area (Å²) in [4.78, 5) is 1.11. The highest BCUT2D eigenvalue weighted by Gasteiger charge is 2.60. The highest BCUT2D eigenvalue weighted by molar-refractivity contribution is 5.75. The SMILES string of the molecule is N=C(N)N1CCC(c2ccccc2F)(C(F)(F)F)C1. The lowest BCUT2D eigenvalue weighted by Crippen LogP contribution is -2.47. The van der Waals surface area contributed by atoms with Crippen LogP contribution in [-0.4, -0.2) is 30.1 Å². The van der Waals surface area contributed by atoms with Gasteiger partial charge in [0.05, 0.1) is 0 Å². The Bertz CT molecular complexity index is 500. The molecule has 104 valence electrons. The van der Waals surface area contributed by atoms with Crippen molar-refractivity contribution in [1.29, 1.82) is 5.41 Å². The van der Waals surface area contributed by atoms with E-state index < -0.39 is 29.9 Å². The average Bonchev–Trinajstić information content (AvgIpc) is 2.75. The van der Waals surface area contributed by atoms with Crippen molar-refractivity contribution in [2.24, 2.45) is 5.73 Å². The Kier molecular flexibility index (Phi) is 3.15. The van der Waals surface area contributed by atoms with Gasteiger partial charge in [0, 0.05) is 18.7 Å². The van der Waals surface area contributed by atoms with Crippen LogP contribution in [0.1, 0.15) is 12.0 Å². The van der Waals surface area contributed by atoms with Crippen LogP contribution >= 0.6 is 0 Å². The molecule has 7 heteroatoms. The van der Waals surface area contributed by atoms with Gasteiger partial charge in [-0.25, -0.2) is 4.39 Å². The Hall–Kier alpha value is -1.79. The number of nitrogens with zero attached hydrogens (tertiary/aromatic N) is 1. The second kappa shape index (κ2) is 4.40. The standard InChI is InChI=1S/C12H13F4N3/c13-9-4-2-1-3-8(9)11(12(14,15)16)5-6-19(7-11)10(17)18/h1-4H,5-7H2,(H3,17,18). The van der Waals surface area contributed by atoms with Crippen LogP contribution in [0, 0.1) is 11.2 Å². The molecule has 1 atom stereocenters. The molecule has 1 aromatic carbocycles. The van der Waals surface area contributed by atoms with Crippen LogP contribution in [0.25, 0.3) is 0 Å². The first-order valence-electron chi connectivity index (χ1n) is 5.69. The fourth-order valence-electron chi connectivity index (χ4n) is 2.47. The largest absolute Gasteiger partial charge is 0.400 e. The molecule has 0 amide bonds. The Morgan fingerprint density at radius 1 is 1.32 bits per heavy atom. The summed E-state index contributed by atoms with van der Waals surface area (Å²) in [6.45, 7) is -0.532. The monoisotopic (exact) mass is 275 g/mol. The number of rotatable bonds is 1. The van der Waals surface area contributed by atoms with Gasteiger partial charge in [0.1, 0.15) is 11.2 Å². The summed E-state index contributed by atoms with van der Waals surface area (Å²) in [7, 11) is 0. The third-order valence-electron chi connectivity index (χ3n) is 3.54. The molecule has 0 bridgehead atoms. The van der Waals surface area contributed by atoms with Crippen molar-refractivity contribution >= 4 is 5.96 Å². The van der Waals surface area contributed by atoms with Gasteiger partial charge in [0.15, 0.2) is 5.96 Å². The number of nitrogens with one attached hydrogen (secondary N) is 1. The van der Waals surface area contributed by atoms with Crippen LogP contribution in [0.3, 0.4) is 0 Å². The molecule has 1 aromatic rings. The zero-order valence-corrected chi connectivity index (χ0v) is 9.97. The van der Waals surface area contributed by atoms with Gasteiger partial charge < -0.3 is 10.6 Å². The molecule has 1 unspecified atom stereocenters. The summed E-state index contributed by atoms with van der Waals surface area (Å²) in [5.74, 6) is -1.31. The van der Waals surface area contributed by atoms with Crippen LogP contribution in [-0.2, 0) is 5.41 Å². The zero-order chi connectivity index (χ0) is 14.3. The van der Waals surface area contributed by atoms with Gasteiger partial charge >= 0.3 is 6.18 Å². The van der Waals surface area contributed by atoms with Crippen LogP contribution in [0.4, 0.5) is 17.6 Å². The van der Waals surface area contributed by atoms with Gasteiger partial charge in [-0.15, -0.1) is 0 Å². The molecular formula is C12H13F4N3. The highest BCUT2D eigenvalue weighted by Crippen LogP contribution is 2.48. The van der Waals surface area contributed by atoms with E-state index in [-0.39, 0.29) is 18.5 Å². The fourth-order valence-corrected chi connectivity index (χ4v) is 2.47. The van der Waals surface area contributed by atoms with E-state index in [9.17, 15) is 17.6 Å². The smallest absolute Gasteiger partial charge is 0.370 e. The number of alkyl halides is 3. The van der Waals surface area contributed by atoms with Gasteiger partial charge in [0.2, 0.25) is 0 Å². The lowest BCUT2D eigenvalue weighted by atomic mass is 9.78. The topological polar surface area (TPSA) is 53.1 Å². The van der Waals surface area contributed by atoms with Crippen LogP contribution in [0.15, 0.2) is 24.3 Å². The minimum atomic E-state index is -4.60. The molecule has 2 rings (SSSR count). The summed E-state index contributed by atoms with van der Waals surface area (Å²) in [6, 6.07) is 4.88. The first kappa shape index (κ1) is 13.6. The molecular weight excluding hydrogens is 262 g/mol. The van der Waals surface area contributed by atoms with E-state index in [1.54, 1.807) is 0 Å². The van der Waals surface area contributed by atoms with Crippen molar-refractivity contribution in [1.82, 2.24) is 4.90 Å². The first-order chi connectivity index (χ1) is 8.78. The van der Waals surface area contributed by atoms with Crippen molar-refractivity contribution in [2.75, 3.05) is 13.1 Å². The van der Waals surface area contributed by atoms with Crippen molar-refractivity contribution in [3.63, 3.8) is 0 Å². The predicted octanol–water partition coefficient (Wildman–Crippen LogP) is 2.22. The second-order valence-electron chi connectivity index (χ2n) is 4.62. The highest BCUT2D eigenvalue weighted by atomic mass is 19.4. The maximum absolute atomic E-state index is 13.7. The van der Waals surface area contributed by atoms with E-state index in [0.29, 0.717) is 0 Å². The maximum atomic E-state index is 13.7. The number of hydrogen-bond donors (Lipinski definition) is 2. The lowest BCUT2D eigenvalue weighted by Gasteiger charge is -2.32. The summed E-state index contributed by atoms with van der Waals surface area (Å²) in [5, 5.41) is 7.23. The lowest BCUT2D eigenvalue weighted by molar-refractivity contribution is -0.187. The third kappa shape index (κ3) is 2.13. The Morgan fingerprint density at radius 3 is 2.42 bits per heavy atom. The van der Waals surface area contributed by atoms with Crippen LogP contribution in [0.5, 0.6) is 0 Å². The van der Waals surface area contributed by atoms with E-state index in [0.717, 1.165) is 17.0 Å². The van der Waals surface area contributed by atoms with Crippen molar-refractivity contribution in [3.8, 4) is 0 Å². The molecule has 0 saturated carbocycles. The van der Waals surface area contributed by atoms with Crippen molar-refractivity contribution in [2.45, 2.75) is 18.0 Å². The summed E-state index contributed by atoms with van der Waals surface area (Å²) in [5.41, 5.74) is 2.54. The number of guanidine groups is 1. The molecule has 0 radical (unpaired) electrons. The van der Waals surface area contributed by atoms with Crippen LogP contribution in [0.2, 0.25) is 0 Å². The van der Waals surface area contributed by atoms with E-state index in [1.807, 2.05) is 0 Å². The van der Waals surface area contributed by atoms with E-state index >= 15 is 0 Å². The third-order valence-corrected chi connectivity index (χ3v) is 3.54. The molecule has 1 aliphatic heterocycles. The predicted molar refractivity (Wildman–Crippen MR) is 62.2 cm³/mol. The molecule has 1 heterocycles. The quantitative estimate of drug-likeness (QED) is 0.469. The molecule has 1 aliphatic rings. The van der Waals surface area contributed by atoms with Gasteiger partial charge in [-0.3, -0.25) is 5.41 Å². The molecule has 3 N–H and O–H groups in total. The molecule has 0 spiro atoms. The summed E-state index contributed by atoms with van der Waals surface area (Å²) < 4.78 is 54.0. The number of halogens is 4. The van der Waals surface area contributed by atoms with Crippen molar-refractivity contribution in [3.05, 3.63) is 35.6 Å². The Morgan fingerprint density at radius 2 is 1.95 bits per heavy atom. The number of nitrogens with two attached hydrogens (primary N) is 1. The number of benzene rings is 1. The summed E-state index contributed by atoms with van der Waals surface area (Å²) in [6.07, 6.45) is -4.91. The van der Waals surface area contributed by atoms with Gasteiger partial charge in [-0.1, -0.05) is 18.2 Å². The van der Waals surface area contributed by atoms with E-state index in [1.165, 1.54) is 12.1 Å². The number of likely N-dealkylation sites (tertiary alicyclic amines) is 1. The van der Waals surface area contributed by atoms with Gasteiger partial charge in [0.25, 0.3) is 0 Å². The number of hydrogen-bond acceptors (Lipinski definition) is 1. The molecule has 19 heavy (non-hydrogen) atoms. The minimum Gasteiger partial charge on any atom is -0.370 e. The van der Waals surface area contributed by atoms with Gasteiger partial charge in [-0.2, -0.15) is 13.2 Å². The molecule has 1 fully saturated rings.